The van der Waals surface area contributed by atoms with Gasteiger partial charge in [-0.25, -0.2) is 4.79 Å². The molecule has 1 fully saturated rings. The molecule has 1 heterocycles. The lowest BCUT2D eigenvalue weighted by atomic mass is 9.93. The summed E-state index contributed by atoms with van der Waals surface area (Å²) in [6.07, 6.45) is 2.48. The van der Waals surface area contributed by atoms with Crippen molar-refractivity contribution in [2.24, 2.45) is 11.8 Å². The van der Waals surface area contributed by atoms with Gasteiger partial charge in [0.25, 0.3) is 0 Å². The van der Waals surface area contributed by atoms with Gasteiger partial charge in [0.1, 0.15) is 0 Å². The van der Waals surface area contributed by atoms with Crippen molar-refractivity contribution in [3.05, 3.63) is 0 Å². The molecule has 0 spiro atoms. The first-order valence-corrected chi connectivity index (χ1v) is 7.18. The molecule has 0 bridgehead atoms. The second-order valence-corrected chi connectivity index (χ2v) is 5.00. The lowest BCUT2D eigenvalue weighted by molar-refractivity contribution is -0.149. The van der Waals surface area contributed by atoms with Gasteiger partial charge in [-0.05, 0) is 25.7 Å². The summed E-state index contributed by atoms with van der Waals surface area (Å²) in [4.78, 5) is 25.1. The predicted octanol–water partition coefficient (Wildman–Crippen LogP) is 2.44. The van der Waals surface area contributed by atoms with Crippen molar-refractivity contribution >= 4 is 12.1 Å². The number of amides is 1. The molecule has 2 atom stereocenters. The Bertz CT molecular complexity index is 306. The molecule has 1 rings (SSSR count). The number of ether oxygens (including phenoxy) is 2. The van der Waals surface area contributed by atoms with E-state index in [0.29, 0.717) is 26.3 Å². The Morgan fingerprint density at radius 2 is 2.05 bits per heavy atom. The minimum atomic E-state index is -0.257. The van der Waals surface area contributed by atoms with Crippen molar-refractivity contribution in [2.45, 2.75) is 40.0 Å². The topological polar surface area (TPSA) is 55.8 Å². The maximum atomic E-state index is 11.8. The number of nitrogens with zero attached hydrogens (tertiary/aromatic N) is 1. The first-order chi connectivity index (χ1) is 9.10. The van der Waals surface area contributed by atoms with Crippen molar-refractivity contribution in [1.82, 2.24) is 4.90 Å². The second kappa shape index (κ2) is 8.02. The molecule has 0 aliphatic carbocycles. The number of hydrogen-bond acceptors (Lipinski definition) is 4. The number of esters is 1. The lowest BCUT2D eigenvalue weighted by Crippen LogP contribution is -2.31. The van der Waals surface area contributed by atoms with E-state index in [4.69, 9.17) is 9.47 Å². The zero-order chi connectivity index (χ0) is 14.3. The summed E-state index contributed by atoms with van der Waals surface area (Å²) >= 11 is 0. The standard InChI is InChI=1S/C14H25NO4/c1-4-6-9-19-14(17)15-8-7-12(10-15)11(3)13(16)18-5-2/h11-12H,4-10H2,1-3H3. The highest BCUT2D eigenvalue weighted by Gasteiger charge is 2.34. The molecule has 0 saturated carbocycles. The van der Waals surface area contributed by atoms with Crippen LogP contribution in [0.1, 0.15) is 40.0 Å². The molecular formula is C14H25NO4. The number of carbonyl (C=O) groups excluding carboxylic acids is 2. The van der Waals surface area contributed by atoms with Crippen LogP contribution in [-0.4, -0.2) is 43.3 Å². The molecule has 0 aromatic heterocycles. The summed E-state index contributed by atoms with van der Waals surface area (Å²) in [5.41, 5.74) is 0. The maximum absolute atomic E-state index is 11.8. The minimum Gasteiger partial charge on any atom is -0.466 e. The number of unbranched alkanes of at least 4 members (excludes halogenated alkanes) is 1. The summed E-state index contributed by atoms with van der Waals surface area (Å²) in [5, 5.41) is 0. The molecule has 2 unspecified atom stereocenters. The minimum absolute atomic E-state index is 0.159. The fraction of sp³-hybridized carbons (Fsp3) is 0.857. The molecule has 0 aromatic carbocycles. The molecule has 1 amide bonds. The Hall–Kier alpha value is -1.26. The van der Waals surface area contributed by atoms with Gasteiger partial charge in [0.2, 0.25) is 0 Å². The van der Waals surface area contributed by atoms with Crippen LogP contribution in [-0.2, 0) is 14.3 Å². The van der Waals surface area contributed by atoms with Crippen molar-refractivity contribution < 1.29 is 19.1 Å². The third-order valence-corrected chi connectivity index (χ3v) is 3.57. The van der Waals surface area contributed by atoms with Crippen LogP contribution >= 0.6 is 0 Å². The Morgan fingerprint density at radius 1 is 1.32 bits per heavy atom. The van der Waals surface area contributed by atoms with Crippen LogP contribution in [0.2, 0.25) is 0 Å². The van der Waals surface area contributed by atoms with Crippen LogP contribution in [0, 0.1) is 11.8 Å². The molecule has 5 nitrogen and oxygen atoms in total. The van der Waals surface area contributed by atoms with Crippen LogP contribution in [0.15, 0.2) is 0 Å². The Balaban J connectivity index is 2.36. The van der Waals surface area contributed by atoms with E-state index in [1.54, 1.807) is 11.8 Å². The molecule has 1 saturated heterocycles. The van der Waals surface area contributed by atoms with E-state index in [2.05, 4.69) is 6.92 Å². The molecule has 0 radical (unpaired) electrons. The van der Waals surface area contributed by atoms with E-state index in [-0.39, 0.29) is 23.9 Å². The smallest absolute Gasteiger partial charge is 0.409 e. The molecule has 110 valence electrons. The third kappa shape index (κ3) is 4.73. The van der Waals surface area contributed by atoms with Gasteiger partial charge in [-0.15, -0.1) is 0 Å². The van der Waals surface area contributed by atoms with Gasteiger partial charge in [-0.2, -0.15) is 0 Å². The van der Waals surface area contributed by atoms with Gasteiger partial charge >= 0.3 is 12.1 Å². The molecule has 0 N–H and O–H groups in total. The summed E-state index contributed by atoms with van der Waals surface area (Å²) < 4.78 is 10.2. The monoisotopic (exact) mass is 271 g/mol. The third-order valence-electron chi connectivity index (χ3n) is 3.57. The van der Waals surface area contributed by atoms with Crippen molar-refractivity contribution in [3.63, 3.8) is 0 Å². The number of rotatable bonds is 6. The second-order valence-electron chi connectivity index (χ2n) is 5.00. The molecular weight excluding hydrogens is 246 g/mol. The highest BCUT2D eigenvalue weighted by Crippen LogP contribution is 2.25. The zero-order valence-corrected chi connectivity index (χ0v) is 12.2. The highest BCUT2D eigenvalue weighted by atomic mass is 16.6. The number of likely N-dealkylation sites (tertiary alicyclic amines) is 1. The first kappa shape index (κ1) is 15.8. The van der Waals surface area contributed by atoms with Gasteiger partial charge in [-0.3, -0.25) is 4.79 Å². The average Bonchev–Trinajstić information content (AvgIpc) is 2.88. The maximum Gasteiger partial charge on any atom is 0.409 e. The van der Waals surface area contributed by atoms with E-state index < -0.39 is 0 Å². The van der Waals surface area contributed by atoms with Gasteiger partial charge in [0.05, 0.1) is 19.1 Å². The molecule has 1 aliphatic rings. The summed E-state index contributed by atoms with van der Waals surface area (Å²) in [5.74, 6) is -0.153. The van der Waals surface area contributed by atoms with Crippen LogP contribution in [0.3, 0.4) is 0 Å². The van der Waals surface area contributed by atoms with Gasteiger partial charge < -0.3 is 14.4 Å². The van der Waals surface area contributed by atoms with Crippen molar-refractivity contribution in [1.29, 1.82) is 0 Å². The summed E-state index contributed by atoms with van der Waals surface area (Å²) in [7, 11) is 0. The fourth-order valence-corrected chi connectivity index (χ4v) is 2.22. The van der Waals surface area contributed by atoms with E-state index in [1.807, 2.05) is 6.92 Å². The van der Waals surface area contributed by atoms with Crippen LogP contribution < -0.4 is 0 Å². The van der Waals surface area contributed by atoms with Crippen molar-refractivity contribution in [3.8, 4) is 0 Å². The van der Waals surface area contributed by atoms with Gasteiger partial charge in [0.15, 0.2) is 0 Å². The molecule has 5 heteroatoms. The van der Waals surface area contributed by atoms with E-state index in [1.165, 1.54) is 0 Å². The number of carbonyl (C=O) groups is 2. The van der Waals surface area contributed by atoms with Crippen LogP contribution in [0.4, 0.5) is 4.79 Å². The molecule has 19 heavy (non-hydrogen) atoms. The fourth-order valence-electron chi connectivity index (χ4n) is 2.22. The lowest BCUT2D eigenvalue weighted by Gasteiger charge is -2.19. The zero-order valence-electron chi connectivity index (χ0n) is 12.2. The normalized spacial score (nSPS) is 20.2. The van der Waals surface area contributed by atoms with Crippen molar-refractivity contribution in [2.75, 3.05) is 26.3 Å². The first-order valence-electron chi connectivity index (χ1n) is 7.18. The Kier molecular flexibility index (Phi) is 6.67. The average molecular weight is 271 g/mol. The predicted molar refractivity (Wildman–Crippen MR) is 71.7 cm³/mol. The van der Waals surface area contributed by atoms with E-state index in [0.717, 1.165) is 19.3 Å². The Labute approximate surface area is 115 Å². The van der Waals surface area contributed by atoms with Crippen LogP contribution in [0.5, 0.6) is 0 Å². The van der Waals surface area contributed by atoms with Gasteiger partial charge in [0, 0.05) is 13.1 Å². The highest BCUT2D eigenvalue weighted by molar-refractivity contribution is 5.73. The molecule has 1 aliphatic heterocycles. The van der Waals surface area contributed by atoms with E-state index in [9.17, 15) is 9.59 Å². The largest absolute Gasteiger partial charge is 0.466 e. The van der Waals surface area contributed by atoms with E-state index >= 15 is 0 Å². The van der Waals surface area contributed by atoms with Crippen LogP contribution in [0.25, 0.3) is 0 Å². The summed E-state index contributed by atoms with van der Waals surface area (Å²) in [6, 6.07) is 0. The Morgan fingerprint density at radius 3 is 2.68 bits per heavy atom. The molecule has 0 aromatic rings. The van der Waals surface area contributed by atoms with Gasteiger partial charge in [-0.1, -0.05) is 20.3 Å². The quantitative estimate of drug-likeness (QED) is 0.550. The number of hydrogen-bond donors (Lipinski definition) is 0. The SMILES string of the molecule is CCCCOC(=O)N1CCC(C(C)C(=O)OCC)C1. The summed E-state index contributed by atoms with van der Waals surface area (Å²) in [6.45, 7) is 7.86.